The van der Waals surface area contributed by atoms with Gasteiger partial charge in [-0.15, -0.1) is 0 Å². The third-order valence-electron chi connectivity index (χ3n) is 5.08. The summed E-state index contributed by atoms with van der Waals surface area (Å²) in [7, 11) is 0. The highest BCUT2D eigenvalue weighted by atomic mass is 79.9. The van der Waals surface area contributed by atoms with Gasteiger partial charge in [-0.3, -0.25) is 19.3 Å². The second-order valence-corrected chi connectivity index (χ2v) is 9.02. The maximum absolute atomic E-state index is 13.0. The smallest absolute Gasteiger partial charge is 0.325 e. The molecule has 0 spiro atoms. The molecule has 2 N–H and O–H groups in total. The van der Waals surface area contributed by atoms with Gasteiger partial charge in [-0.05, 0) is 54.8 Å². The van der Waals surface area contributed by atoms with Gasteiger partial charge in [0.1, 0.15) is 5.54 Å². The maximum atomic E-state index is 13.0. The van der Waals surface area contributed by atoms with Crippen LogP contribution in [0.15, 0.2) is 53.0 Å². The number of amides is 4. The molecule has 1 saturated heterocycles. The number of carbonyl (C=O) groups is 4. The first kappa shape index (κ1) is 22.7. The Morgan fingerprint density at radius 2 is 1.68 bits per heavy atom. The first-order valence-corrected chi connectivity index (χ1v) is 10.7. The Hall–Kier alpha value is -3.00. The van der Waals surface area contributed by atoms with Gasteiger partial charge in [-0.25, -0.2) is 4.79 Å². The number of halogens is 1. The van der Waals surface area contributed by atoms with Crippen molar-refractivity contribution in [1.82, 2.24) is 10.2 Å². The SMILES string of the molecule is CC(C)CC(=O)Nc1ccc(C(=O)CN2C(=O)NC(C)(c3ccc(Br)cc3)C2=O)cc1. The minimum atomic E-state index is -1.23. The number of imide groups is 1. The average Bonchev–Trinajstić information content (AvgIpc) is 2.92. The van der Waals surface area contributed by atoms with Crippen molar-refractivity contribution in [3.63, 3.8) is 0 Å². The van der Waals surface area contributed by atoms with Gasteiger partial charge in [0.25, 0.3) is 5.91 Å². The number of hydrogen-bond acceptors (Lipinski definition) is 4. The molecule has 0 saturated carbocycles. The fourth-order valence-electron chi connectivity index (χ4n) is 3.38. The number of nitrogens with zero attached hydrogens (tertiary/aromatic N) is 1. The third kappa shape index (κ3) is 5.02. The summed E-state index contributed by atoms with van der Waals surface area (Å²) < 4.78 is 0.854. The minimum absolute atomic E-state index is 0.0966. The lowest BCUT2D eigenvalue weighted by Gasteiger charge is -2.22. The number of hydrogen-bond donors (Lipinski definition) is 2. The lowest BCUT2D eigenvalue weighted by molar-refractivity contribution is -0.130. The number of carbonyl (C=O) groups excluding carboxylic acids is 4. The summed E-state index contributed by atoms with van der Waals surface area (Å²) >= 11 is 3.35. The van der Waals surface area contributed by atoms with Crippen molar-refractivity contribution in [3.05, 3.63) is 64.1 Å². The number of rotatable bonds is 7. The summed E-state index contributed by atoms with van der Waals surface area (Å²) in [5, 5.41) is 5.47. The Balaban J connectivity index is 1.68. The number of nitrogens with one attached hydrogen (secondary N) is 2. The van der Waals surface area contributed by atoms with E-state index < -0.39 is 17.5 Å². The molecule has 7 nitrogen and oxygen atoms in total. The molecule has 0 radical (unpaired) electrons. The molecule has 1 fully saturated rings. The van der Waals surface area contributed by atoms with E-state index in [0.29, 0.717) is 23.2 Å². The van der Waals surface area contributed by atoms with E-state index in [2.05, 4.69) is 26.6 Å². The van der Waals surface area contributed by atoms with Crippen molar-refractivity contribution in [2.45, 2.75) is 32.7 Å². The largest absolute Gasteiger partial charge is 0.326 e. The molecule has 4 amide bonds. The minimum Gasteiger partial charge on any atom is -0.326 e. The lowest BCUT2D eigenvalue weighted by Crippen LogP contribution is -2.41. The van der Waals surface area contributed by atoms with E-state index in [4.69, 9.17) is 0 Å². The molecule has 1 atom stereocenters. The van der Waals surface area contributed by atoms with E-state index in [-0.39, 0.29) is 24.2 Å². The summed E-state index contributed by atoms with van der Waals surface area (Å²) in [6.45, 7) is 5.17. The molecule has 162 valence electrons. The van der Waals surface area contributed by atoms with E-state index in [1.165, 1.54) is 0 Å². The maximum Gasteiger partial charge on any atom is 0.325 e. The second kappa shape index (κ2) is 9.01. The highest BCUT2D eigenvalue weighted by Gasteiger charge is 2.49. The van der Waals surface area contributed by atoms with Gasteiger partial charge in [0.2, 0.25) is 5.91 Å². The van der Waals surface area contributed by atoms with Gasteiger partial charge in [-0.1, -0.05) is 41.9 Å². The molecule has 1 unspecified atom stereocenters. The first-order chi connectivity index (χ1) is 14.6. The first-order valence-electron chi connectivity index (χ1n) is 9.93. The average molecular weight is 486 g/mol. The van der Waals surface area contributed by atoms with Crippen molar-refractivity contribution >= 4 is 45.2 Å². The molecule has 2 aromatic rings. The van der Waals surface area contributed by atoms with Crippen LogP contribution in [0.25, 0.3) is 0 Å². The number of urea groups is 1. The summed E-state index contributed by atoms with van der Waals surface area (Å²) in [6, 6.07) is 12.9. The van der Waals surface area contributed by atoms with Gasteiger partial charge in [0.05, 0.1) is 6.54 Å². The standard InChI is InChI=1S/C23H24BrN3O4/c1-14(2)12-20(29)25-18-10-4-15(5-11-18)19(28)13-27-21(30)23(3,26-22(27)31)16-6-8-17(24)9-7-16/h4-11,14H,12-13H2,1-3H3,(H,25,29)(H,26,31). The third-order valence-corrected chi connectivity index (χ3v) is 5.61. The fourth-order valence-corrected chi connectivity index (χ4v) is 3.64. The number of benzene rings is 2. The lowest BCUT2D eigenvalue weighted by atomic mass is 9.92. The highest BCUT2D eigenvalue weighted by molar-refractivity contribution is 9.10. The zero-order valence-electron chi connectivity index (χ0n) is 17.6. The van der Waals surface area contributed by atoms with E-state index >= 15 is 0 Å². The summed E-state index contributed by atoms with van der Waals surface area (Å²) in [5.41, 5.74) is 0.327. The van der Waals surface area contributed by atoms with E-state index in [1.54, 1.807) is 55.5 Å². The van der Waals surface area contributed by atoms with Crippen LogP contribution in [-0.2, 0) is 15.1 Å². The molecule has 2 aromatic carbocycles. The Morgan fingerprint density at radius 1 is 1.06 bits per heavy atom. The Kier molecular flexibility index (Phi) is 6.59. The molecule has 3 rings (SSSR count). The Labute approximate surface area is 189 Å². The topological polar surface area (TPSA) is 95.6 Å². The molecular formula is C23H24BrN3O4. The van der Waals surface area contributed by atoms with Crippen LogP contribution in [0.2, 0.25) is 0 Å². The highest BCUT2D eigenvalue weighted by Crippen LogP contribution is 2.30. The van der Waals surface area contributed by atoms with Crippen LogP contribution >= 0.6 is 15.9 Å². The number of Topliss-reactive ketones (excluding diaryl/α,β-unsaturated/α-hetero) is 1. The zero-order chi connectivity index (χ0) is 22.8. The van der Waals surface area contributed by atoms with Crippen LogP contribution in [0.1, 0.15) is 43.1 Å². The molecule has 0 bridgehead atoms. The van der Waals surface area contributed by atoms with E-state index in [9.17, 15) is 19.2 Å². The van der Waals surface area contributed by atoms with Crippen LogP contribution < -0.4 is 10.6 Å². The monoisotopic (exact) mass is 485 g/mol. The summed E-state index contributed by atoms with van der Waals surface area (Å²) in [4.78, 5) is 50.9. The summed E-state index contributed by atoms with van der Waals surface area (Å²) in [5.74, 6) is -0.705. The van der Waals surface area contributed by atoms with Crippen molar-refractivity contribution in [2.75, 3.05) is 11.9 Å². The molecule has 31 heavy (non-hydrogen) atoms. The quantitative estimate of drug-likeness (QED) is 0.456. The molecule has 8 heteroatoms. The van der Waals surface area contributed by atoms with Crippen LogP contribution in [0.5, 0.6) is 0 Å². The fraction of sp³-hybridized carbons (Fsp3) is 0.304. The number of anilines is 1. The van der Waals surface area contributed by atoms with Crippen LogP contribution in [0.3, 0.4) is 0 Å². The second-order valence-electron chi connectivity index (χ2n) is 8.10. The van der Waals surface area contributed by atoms with Crippen LogP contribution in [0, 0.1) is 5.92 Å². The number of ketones is 1. The van der Waals surface area contributed by atoms with Crippen molar-refractivity contribution in [2.24, 2.45) is 5.92 Å². The summed E-state index contributed by atoms with van der Waals surface area (Å²) in [6.07, 6.45) is 0.407. The molecule has 1 aliphatic rings. The van der Waals surface area contributed by atoms with E-state index in [1.807, 2.05) is 13.8 Å². The van der Waals surface area contributed by atoms with Gasteiger partial charge >= 0.3 is 6.03 Å². The molecular weight excluding hydrogens is 462 g/mol. The van der Waals surface area contributed by atoms with Crippen molar-refractivity contribution in [1.29, 1.82) is 0 Å². The molecule has 1 heterocycles. The van der Waals surface area contributed by atoms with Crippen LogP contribution in [-0.4, -0.2) is 35.1 Å². The molecule has 0 aromatic heterocycles. The van der Waals surface area contributed by atoms with Gasteiger partial charge in [0, 0.05) is 22.1 Å². The normalized spacial score (nSPS) is 18.3. The van der Waals surface area contributed by atoms with Crippen molar-refractivity contribution < 1.29 is 19.2 Å². The van der Waals surface area contributed by atoms with Gasteiger partial charge in [-0.2, -0.15) is 0 Å². The molecule has 1 aliphatic heterocycles. The zero-order valence-corrected chi connectivity index (χ0v) is 19.2. The predicted octanol–water partition coefficient (Wildman–Crippen LogP) is 4.08. The molecule has 0 aliphatic carbocycles. The Bertz CT molecular complexity index is 1020. The van der Waals surface area contributed by atoms with Gasteiger partial charge < -0.3 is 10.6 Å². The predicted molar refractivity (Wildman–Crippen MR) is 121 cm³/mol. The van der Waals surface area contributed by atoms with E-state index in [0.717, 1.165) is 9.37 Å². The Morgan fingerprint density at radius 3 is 2.26 bits per heavy atom. The van der Waals surface area contributed by atoms with Gasteiger partial charge in [0.15, 0.2) is 5.78 Å². The van der Waals surface area contributed by atoms with Crippen LogP contribution in [0.4, 0.5) is 10.5 Å². The van der Waals surface area contributed by atoms with Crippen molar-refractivity contribution in [3.8, 4) is 0 Å².